The van der Waals surface area contributed by atoms with Gasteiger partial charge in [0.2, 0.25) is 0 Å². The van der Waals surface area contributed by atoms with Crippen molar-refractivity contribution in [3.63, 3.8) is 0 Å². The normalized spacial score (nSPS) is 13.9. The van der Waals surface area contributed by atoms with Crippen molar-refractivity contribution in [2.24, 2.45) is 0 Å². The van der Waals surface area contributed by atoms with E-state index in [1.165, 1.54) is 232 Å². The molecule has 6 aromatic carbocycles. The summed E-state index contributed by atoms with van der Waals surface area (Å²) < 4.78 is 2.63. The molecule has 2 heteroatoms. The zero-order valence-corrected chi connectivity index (χ0v) is 46.9. The van der Waals surface area contributed by atoms with Gasteiger partial charge in [-0.15, -0.1) is 0 Å². The Labute approximate surface area is 452 Å². The molecule has 0 bridgehead atoms. The molecule has 0 saturated heterocycles. The third-order valence-electron chi connectivity index (χ3n) is 18.2. The van der Waals surface area contributed by atoms with Crippen LogP contribution in [0.1, 0.15) is 211 Å². The van der Waals surface area contributed by atoms with E-state index in [1.807, 2.05) is 12.3 Å². The summed E-state index contributed by atoms with van der Waals surface area (Å²) in [7, 11) is 0. The number of pyridine rings is 1. The predicted molar refractivity (Wildman–Crippen MR) is 325 cm³/mol. The van der Waals surface area contributed by atoms with Gasteiger partial charge in [0.05, 0.1) is 5.69 Å². The van der Waals surface area contributed by atoms with Gasteiger partial charge >= 0.3 is 0 Å². The van der Waals surface area contributed by atoms with Crippen LogP contribution in [0, 0.1) is 0 Å². The SMILES string of the molecule is CCCCCCn1c2ccccc2c2ccc(-c3ccc4c(c3)C(CCCCCC)(CCCCCC)c3cc(-c5ccc6c(c5)C(CCCCCC)(CCCCCC)c5cc(-c7ccccn7)ccc5-6)ccc3-4)cc21. The van der Waals surface area contributed by atoms with Gasteiger partial charge in [0.15, 0.2) is 0 Å². The summed E-state index contributed by atoms with van der Waals surface area (Å²) in [5, 5.41) is 2.75. The first kappa shape index (κ1) is 52.7. The largest absolute Gasteiger partial charge is 0.340 e. The lowest BCUT2D eigenvalue weighted by Gasteiger charge is -2.34. The Hall–Kier alpha value is -5.73. The molecule has 75 heavy (non-hydrogen) atoms. The maximum Gasteiger partial charge on any atom is 0.0702 e. The summed E-state index contributed by atoms with van der Waals surface area (Å²) >= 11 is 0. The molecule has 0 N–H and O–H groups in total. The van der Waals surface area contributed by atoms with Crippen molar-refractivity contribution < 1.29 is 0 Å². The van der Waals surface area contributed by atoms with Crippen molar-refractivity contribution in [1.82, 2.24) is 9.55 Å². The molecule has 2 aliphatic carbocycles. The first-order valence-electron chi connectivity index (χ1n) is 30.5. The smallest absolute Gasteiger partial charge is 0.0702 e. The van der Waals surface area contributed by atoms with Gasteiger partial charge in [-0.2, -0.15) is 0 Å². The summed E-state index contributed by atoms with van der Waals surface area (Å²) in [4.78, 5) is 4.86. The molecule has 10 rings (SSSR count). The van der Waals surface area contributed by atoms with E-state index in [4.69, 9.17) is 4.98 Å². The van der Waals surface area contributed by atoms with E-state index in [-0.39, 0.29) is 10.8 Å². The molecule has 0 radical (unpaired) electrons. The van der Waals surface area contributed by atoms with Crippen molar-refractivity contribution in [2.75, 3.05) is 0 Å². The Morgan fingerprint density at radius 3 is 1.17 bits per heavy atom. The molecule has 2 nitrogen and oxygen atoms in total. The van der Waals surface area contributed by atoms with E-state index in [0.29, 0.717) is 0 Å². The molecule has 0 fully saturated rings. The molecule has 0 spiro atoms. The number of nitrogens with zero attached hydrogens (tertiary/aromatic N) is 2. The highest BCUT2D eigenvalue weighted by Crippen LogP contribution is 2.58. The molecular formula is C73H88N2. The minimum atomic E-state index is -0.0341. The van der Waals surface area contributed by atoms with Gasteiger partial charge in [0.25, 0.3) is 0 Å². The molecule has 2 heterocycles. The van der Waals surface area contributed by atoms with Crippen LogP contribution in [0.3, 0.4) is 0 Å². The fourth-order valence-electron chi connectivity index (χ4n) is 14.1. The number of hydrogen-bond acceptors (Lipinski definition) is 1. The second-order valence-electron chi connectivity index (χ2n) is 23.1. The van der Waals surface area contributed by atoms with Crippen LogP contribution in [0.15, 0.2) is 140 Å². The predicted octanol–water partition coefficient (Wildman–Crippen LogP) is 22.2. The zero-order valence-electron chi connectivity index (χ0n) is 46.9. The molecule has 8 aromatic rings. The van der Waals surface area contributed by atoms with Crippen LogP contribution in [0.2, 0.25) is 0 Å². The summed E-state index contributed by atoms with van der Waals surface area (Å²) in [5.74, 6) is 0. The molecular weight excluding hydrogens is 905 g/mol. The van der Waals surface area contributed by atoms with Gasteiger partial charge < -0.3 is 4.57 Å². The second kappa shape index (κ2) is 24.5. The van der Waals surface area contributed by atoms with Gasteiger partial charge in [-0.25, -0.2) is 0 Å². The Morgan fingerprint density at radius 1 is 0.333 bits per heavy atom. The molecule has 0 amide bonds. The highest BCUT2D eigenvalue weighted by atomic mass is 15.0. The Balaban J connectivity index is 1.09. The third-order valence-corrected chi connectivity index (χ3v) is 18.2. The monoisotopic (exact) mass is 993 g/mol. The van der Waals surface area contributed by atoms with Crippen molar-refractivity contribution in [3.05, 3.63) is 162 Å². The van der Waals surface area contributed by atoms with Crippen molar-refractivity contribution in [2.45, 2.75) is 206 Å². The number of unbranched alkanes of at least 4 members (excludes halogenated alkanes) is 15. The number of aromatic nitrogens is 2. The lowest BCUT2D eigenvalue weighted by Crippen LogP contribution is -2.26. The van der Waals surface area contributed by atoms with E-state index in [0.717, 1.165) is 12.2 Å². The van der Waals surface area contributed by atoms with Crippen LogP contribution in [-0.4, -0.2) is 9.55 Å². The van der Waals surface area contributed by atoms with E-state index in [1.54, 1.807) is 16.7 Å². The van der Waals surface area contributed by atoms with Gasteiger partial charge in [0, 0.05) is 50.9 Å². The minimum Gasteiger partial charge on any atom is -0.340 e. The van der Waals surface area contributed by atoms with Crippen molar-refractivity contribution >= 4 is 21.8 Å². The van der Waals surface area contributed by atoms with Gasteiger partial charge in [-0.3, -0.25) is 4.98 Å². The number of para-hydroxylation sites is 1. The van der Waals surface area contributed by atoms with E-state index >= 15 is 0 Å². The van der Waals surface area contributed by atoms with Gasteiger partial charge in [-0.05, 0) is 147 Å². The molecule has 0 saturated carbocycles. The van der Waals surface area contributed by atoms with Crippen LogP contribution in [-0.2, 0) is 17.4 Å². The molecule has 0 aliphatic heterocycles. The third kappa shape index (κ3) is 10.6. The summed E-state index contributed by atoms with van der Waals surface area (Å²) in [6.45, 7) is 12.8. The quantitative estimate of drug-likeness (QED) is 0.0447. The summed E-state index contributed by atoms with van der Waals surface area (Å²) in [6.07, 6.45) is 32.3. The van der Waals surface area contributed by atoms with Crippen LogP contribution in [0.5, 0.6) is 0 Å². The maximum atomic E-state index is 4.86. The highest BCUT2D eigenvalue weighted by molar-refractivity contribution is 6.09. The van der Waals surface area contributed by atoms with Crippen molar-refractivity contribution in [3.8, 4) is 55.8 Å². The fraction of sp³-hybridized carbons (Fsp3) is 0.438. The van der Waals surface area contributed by atoms with Gasteiger partial charge in [-0.1, -0.05) is 242 Å². The topological polar surface area (TPSA) is 17.8 Å². The average Bonchev–Trinajstić information content (AvgIpc) is 4.02. The van der Waals surface area contributed by atoms with E-state index in [9.17, 15) is 0 Å². The molecule has 2 aromatic heterocycles. The fourth-order valence-corrected chi connectivity index (χ4v) is 14.1. The van der Waals surface area contributed by atoms with Crippen LogP contribution in [0.4, 0.5) is 0 Å². The summed E-state index contributed by atoms with van der Waals surface area (Å²) in [6, 6.07) is 53.2. The van der Waals surface area contributed by atoms with E-state index < -0.39 is 0 Å². The Kier molecular flexibility index (Phi) is 17.2. The second-order valence-corrected chi connectivity index (χ2v) is 23.1. The minimum absolute atomic E-state index is 0.0228. The average molecular weight is 994 g/mol. The standard InChI is InChI=1S/C73H88N2/c1-6-11-16-24-43-72(44-25-17-12-7-2)65-49-54(33-38-59(65)60-40-35-56(51-67(60)72)57-36-42-64-63-30-21-22-32-70(63)75(71(64)53-57)48-29-20-15-10-5)55-34-39-61-62-41-37-58(69-31-23-28-47-74-69)52-68(62)73(66(61)50-55,45-26-18-13-8-3)46-27-19-14-9-4/h21-23,28,30-42,47,49-53H,6-20,24-27,29,43-46,48H2,1-5H3. The molecule has 390 valence electrons. The lowest BCUT2D eigenvalue weighted by atomic mass is 9.69. The number of fused-ring (bicyclic) bond motifs is 9. The van der Waals surface area contributed by atoms with Crippen molar-refractivity contribution in [1.29, 1.82) is 0 Å². The van der Waals surface area contributed by atoms with Crippen LogP contribution >= 0.6 is 0 Å². The van der Waals surface area contributed by atoms with E-state index in [2.05, 4.69) is 167 Å². The molecule has 0 atom stereocenters. The zero-order chi connectivity index (χ0) is 51.6. The van der Waals surface area contributed by atoms with Crippen LogP contribution in [0.25, 0.3) is 77.6 Å². The number of hydrogen-bond donors (Lipinski definition) is 0. The Bertz CT molecular complexity index is 3140. The number of rotatable bonds is 28. The maximum absolute atomic E-state index is 4.86. The Morgan fingerprint density at radius 2 is 0.720 bits per heavy atom. The number of aryl methyl sites for hydroxylation is 1. The first-order valence-corrected chi connectivity index (χ1v) is 30.5. The first-order chi connectivity index (χ1) is 37.0. The molecule has 2 aliphatic rings. The molecule has 0 unspecified atom stereocenters. The van der Waals surface area contributed by atoms with Crippen LogP contribution < -0.4 is 0 Å². The summed E-state index contributed by atoms with van der Waals surface area (Å²) in [5.41, 5.74) is 22.5. The lowest BCUT2D eigenvalue weighted by molar-refractivity contribution is 0.401. The van der Waals surface area contributed by atoms with Gasteiger partial charge in [0.1, 0.15) is 0 Å². The number of benzene rings is 6. The highest BCUT2D eigenvalue weighted by Gasteiger charge is 2.45.